The molecule has 0 radical (unpaired) electrons. The number of nitrogens with one attached hydrogen (secondary N) is 2. The van der Waals surface area contributed by atoms with Gasteiger partial charge < -0.3 is 10.4 Å². The van der Waals surface area contributed by atoms with Crippen LogP contribution in [0.4, 0.5) is 30.7 Å². The Kier molecular flexibility index (Phi) is 6.89. The quantitative estimate of drug-likeness (QED) is 0.470. The normalized spacial score (nSPS) is 21.9. The van der Waals surface area contributed by atoms with Crippen LogP contribution in [0.2, 0.25) is 0 Å². The maximum absolute atomic E-state index is 14.5. The van der Waals surface area contributed by atoms with Crippen LogP contribution in [-0.4, -0.2) is 49.0 Å². The molecule has 14 heteroatoms. The molecule has 2 aliphatic carbocycles. The Morgan fingerprint density at radius 2 is 1.74 bits per heavy atom. The van der Waals surface area contributed by atoms with Crippen molar-refractivity contribution in [3.63, 3.8) is 0 Å². The second-order valence-corrected chi connectivity index (χ2v) is 10.4. The van der Waals surface area contributed by atoms with Gasteiger partial charge in [-0.15, -0.1) is 0 Å². The SMILES string of the molecule is CC1(NC(=O)Cc2cccc(S(=O)(=O)NC3CC3)c2)C=C(F)C(C(O)(C(F)(F)F)C(F)(F)F)=CC1. The third-order valence-electron chi connectivity index (χ3n) is 5.54. The maximum Gasteiger partial charge on any atom is 0.430 e. The minimum atomic E-state index is -6.25. The Hall–Kier alpha value is -2.45. The van der Waals surface area contributed by atoms with E-state index in [1.165, 1.54) is 31.2 Å². The monoisotopic (exact) mass is 530 g/mol. The molecule has 0 heterocycles. The fourth-order valence-corrected chi connectivity index (χ4v) is 4.94. The van der Waals surface area contributed by atoms with Gasteiger partial charge in [0.2, 0.25) is 15.9 Å². The highest BCUT2D eigenvalue weighted by molar-refractivity contribution is 7.89. The molecule has 3 rings (SSSR count). The zero-order valence-corrected chi connectivity index (χ0v) is 18.9. The summed E-state index contributed by atoms with van der Waals surface area (Å²) in [4.78, 5) is 12.4. The smallest absolute Gasteiger partial charge is 0.369 e. The molecular formula is C21H21F7N2O4S. The average molecular weight is 530 g/mol. The third-order valence-corrected chi connectivity index (χ3v) is 7.06. The first-order chi connectivity index (χ1) is 15.9. The molecule has 0 bridgehead atoms. The van der Waals surface area contributed by atoms with E-state index < -0.39 is 63.7 Å². The van der Waals surface area contributed by atoms with Crippen molar-refractivity contribution in [1.82, 2.24) is 10.0 Å². The van der Waals surface area contributed by atoms with Gasteiger partial charge in [0, 0.05) is 11.6 Å². The zero-order chi connectivity index (χ0) is 26.4. The second kappa shape index (κ2) is 8.89. The molecule has 1 aromatic rings. The lowest BCUT2D eigenvalue weighted by atomic mass is 9.81. The molecule has 2 aliphatic rings. The van der Waals surface area contributed by atoms with Gasteiger partial charge in [-0.1, -0.05) is 18.2 Å². The summed E-state index contributed by atoms with van der Waals surface area (Å²) >= 11 is 0. The van der Waals surface area contributed by atoms with Gasteiger partial charge in [-0.05, 0) is 50.0 Å². The molecular weight excluding hydrogens is 509 g/mol. The van der Waals surface area contributed by atoms with Crippen LogP contribution in [0.5, 0.6) is 0 Å². The Morgan fingerprint density at radius 3 is 2.26 bits per heavy atom. The highest BCUT2D eigenvalue weighted by Crippen LogP contribution is 2.51. The van der Waals surface area contributed by atoms with Crippen LogP contribution in [0.3, 0.4) is 0 Å². The number of benzene rings is 1. The first kappa shape index (κ1) is 27.1. The summed E-state index contributed by atoms with van der Waals surface area (Å²) in [5.74, 6) is -2.78. The third kappa shape index (κ3) is 5.70. The summed E-state index contributed by atoms with van der Waals surface area (Å²) in [6.07, 6.45) is -11.6. The van der Waals surface area contributed by atoms with E-state index in [2.05, 4.69) is 10.0 Å². The predicted molar refractivity (Wildman–Crippen MR) is 109 cm³/mol. The molecule has 194 valence electrons. The molecule has 3 N–H and O–H groups in total. The van der Waals surface area contributed by atoms with Crippen LogP contribution in [0.1, 0.15) is 31.7 Å². The fraction of sp³-hybridized carbons (Fsp3) is 0.476. The molecule has 0 spiro atoms. The van der Waals surface area contributed by atoms with Crippen molar-refractivity contribution < 1.29 is 49.1 Å². The van der Waals surface area contributed by atoms with Crippen LogP contribution in [0.25, 0.3) is 0 Å². The van der Waals surface area contributed by atoms with Gasteiger partial charge in [-0.3, -0.25) is 4.79 Å². The molecule has 1 amide bonds. The van der Waals surface area contributed by atoms with Crippen LogP contribution in [0.15, 0.2) is 52.7 Å². The largest absolute Gasteiger partial charge is 0.430 e. The van der Waals surface area contributed by atoms with Gasteiger partial charge in [0.05, 0.1) is 16.9 Å². The first-order valence-corrected chi connectivity index (χ1v) is 11.7. The van der Waals surface area contributed by atoms with Crippen LogP contribution >= 0.6 is 0 Å². The lowest BCUT2D eigenvalue weighted by Gasteiger charge is -2.37. The minimum Gasteiger partial charge on any atom is -0.369 e. The van der Waals surface area contributed by atoms with Gasteiger partial charge in [-0.2, -0.15) is 26.3 Å². The molecule has 1 fully saturated rings. The molecule has 1 atom stereocenters. The number of sulfonamides is 1. The standard InChI is InChI=1S/C21H21F7N2O4S/c1-18(8-7-15(16(22)11-18)19(32,20(23,24)25)21(26,27)28)29-17(31)10-12-3-2-4-14(9-12)35(33,34)30-13-5-6-13/h2-4,7,9,11,13,30,32H,5-6,8,10H2,1H3,(H,29,31). The summed E-state index contributed by atoms with van der Waals surface area (Å²) in [7, 11) is -3.80. The van der Waals surface area contributed by atoms with E-state index >= 15 is 0 Å². The van der Waals surface area contributed by atoms with Crippen molar-refractivity contribution >= 4 is 15.9 Å². The number of hydrogen-bond acceptors (Lipinski definition) is 4. The second-order valence-electron chi connectivity index (χ2n) is 8.71. The topological polar surface area (TPSA) is 95.5 Å². The van der Waals surface area contributed by atoms with Crippen LogP contribution < -0.4 is 10.0 Å². The summed E-state index contributed by atoms with van der Waals surface area (Å²) in [5.41, 5.74) is -8.89. The number of rotatable bonds is 7. The van der Waals surface area contributed by atoms with Crippen molar-refractivity contribution in [2.45, 2.75) is 67.0 Å². The van der Waals surface area contributed by atoms with E-state index in [0.29, 0.717) is 18.9 Å². The molecule has 0 saturated heterocycles. The van der Waals surface area contributed by atoms with Crippen LogP contribution in [-0.2, 0) is 21.2 Å². The van der Waals surface area contributed by atoms with Gasteiger partial charge in [-0.25, -0.2) is 17.5 Å². The van der Waals surface area contributed by atoms with E-state index in [0.717, 1.165) is 0 Å². The Bertz CT molecular complexity index is 1160. The first-order valence-electron chi connectivity index (χ1n) is 10.3. The molecule has 35 heavy (non-hydrogen) atoms. The lowest BCUT2D eigenvalue weighted by Crippen LogP contribution is -2.59. The fourth-order valence-electron chi connectivity index (χ4n) is 3.56. The highest BCUT2D eigenvalue weighted by atomic mass is 32.2. The zero-order valence-electron chi connectivity index (χ0n) is 18.1. The van der Waals surface area contributed by atoms with Crippen molar-refractivity contribution in [2.75, 3.05) is 0 Å². The van der Waals surface area contributed by atoms with Gasteiger partial charge in [0.25, 0.3) is 5.60 Å². The summed E-state index contributed by atoms with van der Waals surface area (Å²) < 4.78 is 120. The summed E-state index contributed by atoms with van der Waals surface area (Å²) in [6, 6.07) is 5.26. The lowest BCUT2D eigenvalue weighted by molar-refractivity contribution is -0.351. The van der Waals surface area contributed by atoms with E-state index in [1.54, 1.807) is 0 Å². The number of carbonyl (C=O) groups is 1. The van der Waals surface area contributed by atoms with Gasteiger partial charge in [0.15, 0.2) is 0 Å². The molecule has 1 unspecified atom stereocenters. The number of aliphatic hydroxyl groups is 1. The number of amides is 1. The molecule has 1 aromatic carbocycles. The average Bonchev–Trinajstić information content (AvgIpc) is 3.48. The van der Waals surface area contributed by atoms with E-state index in [4.69, 9.17) is 0 Å². The van der Waals surface area contributed by atoms with Crippen molar-refractivity contribution in [2.24, 2.45) is 0 Å². The number of alkyl halides is 6. The minimum absolute atomic E-state index is 0.0873. The molecule has 0 aromatic heterocycles. The Labute approximate surface area is 195 Å². The van der Waals surface area contributed by atoms with Crippen molar-refractivity contribution in [3.05, 3.63) is 53.4 Å². The van der Waals surface area contributed by atoms with Gasteiger partial charge in [0.1, 0.15) is 5.83 Å². The van der Waals surface area contributed by atoms with E-state index in [1.807, 2.05) is 0 Å². The molecule has 0 aliphatic heterocycles. The van der Waals surface area contributed by atoms with E-state index in [9.17, 15) is 49.1 Å². The Balaban J connectivity index is 1.75. The Morgan fingerprint density at radius 1 is 1.14 bits per heavy atom. The number of carbonyl (C=O) groups excluding carboxylic acids is 1. The number of halogens is 7. The summed E-state index contributed by atoms with van der Waals surface area (Å²) in [6.45, 7) is 1.17. The number of hydrogen-bond donors (Lipinski definition) is 3. The highest BCUT2D eigenvalue weighted by Gasteiger charge is 2.73. The van der Waals surface area contributed by atoms with Crippen molar-refractivity contribution in [1.29, 1.82) is 0 Å². The van der Waals surface area contributed by atoms with Crippen LogP contribution in [0, 0.1) is 0 Å². The van der Waals surface area contributed by atoms with E-state index in [-0.39, 0.29) is 22.6 Å². The molecule has 1 saturated carbocycles. The van der Waals surface area contributed by atoms with Crippen molar-refractivity contribution in [3.8, 4) is 0 Å². The maximum atomic E-state index is 14.5. The summed E-state index contributed by atoms with van der Waals surface area (Å²) in [5, 5.41) is 11.8. The van der Waals surface area contributed by atoms with Gasteiger partial charge >= 0.3 is 12.4 Å². The molecule has 6 nitrogen and oxygen atoms in total. The predicted octanol–water partition coefficient (Wildman–Crippen LogP) is 3.58.